The van der Waals surface area contributed by atoms with Crippen molar-refractivity contribution in [3.63, 3.8) is 0 Å². The molecule has 2 aliphatic carbocycles. The third-order valence-corrected chi connectivity index (χ3v) is 10.4. The molecule has 3 aliphatic rings. The number of carbonyl (C=O) groups excluding carboxylic acids is 3. The molecular formula is C36H49F3N4O6. The van der Waals surface area contributed by atoms with Crippen LogP contribution in [0.5, 0.6) is 11.6 Å². The van der Waals surface area contributed by atoms with Gasteiger partial charge in [0.15, 0.2) is 5.78 Å². The molecule has 2 fully saturated rings. The van der Waals surface area contributed by atoms with Crippen molar-refractivity contribution in [2.24, 2.45) is 35.0 Å². The minimum Gasteiger partial charge on any atom is -0.497 e. The molecule has 0 saturated heterocycles. The van der Waals surface area contributed by atoms with Gasteiger partial charge < -0.3 is 24.4 Å². The van der Waals surface area contributed by atoms with Crippen LogP contribution in [0.3, 0.4) is 0 Å². The minimum absolute atomic E-state index is 0.0532. The van der Waals surface area contributed by atoms with Crippen molar-refractivity contribution < 1.29 is 41.8 Å². The number of fused-ring (bicyclic) bond motifs is 5. The highest BCUT2D eigenvalue weighted by Crippen LogP contribution is 2.57. The van der Waals surface area contributed by atoms with Crippen molar-refractivity contribution >= 4 is 28.8 Å². The molecule has 0 radical (unpaired) electrons. The van der Waals surface area contributed by atoms with Crippen molar-refractivity contribution in [1.82, 2.24) is 20.2 Å². The first-order valence-electron chi connectivity index (χ1n) is 17.3. The number of nitrogens with zero attached hydrogens (tertiary/aromatic N) is 3. The normalized spacial score (nSPS) is 29.0. The van der Waals surface area contributed by atoms with Crippen molar-refractivity contribution in [2.75, 3.05) is 20.8 Å². The highest BCUT2D eigenvalue weighted by molar-refractivity contribution is 5.93. The van der Waals surface area contributed by atoms with Crippen LogP contribution in [0.15, 0.2) is 18.2 Å². The number of carbonyl (C=O) groups is 3. The minimum atomic E-state index is -4.95. The number of hydrogen-bond donors (Lipinski definition) is 1. The van der Waals surface area contributed by atoms with Gasteiger partial charge in [0, 0.05) is 19.0 Å². The van der Waals surface area contributed by atoms with Crippen LogP contribution in [0.25, 0.3) is 11.0 Å². The lowest BCUT2D eigenvalue weighted by molar-refractivity contribution is -0.201. The molecule has 1 N–H and O–H groups in total. The molecule has 2 amide bonds. The molecule has 2 saturated carbocycles. The highest BCUT2D eigenvalue weighted by atomic mass is 19.4. The fourth-order valence-corrected chi connectivity index (χ4v) is 7.47. The number of benzene rings is 1. The second kappa shape index (κ2) is 14.3. The van der Waals surface area contributed by atoms with Gasteiger partial charge in [-0.25, -0.2) is 14.8 Å². The molecule has 13 heteroatoms. The number of rotatable bonds is 3. The number of likely N-dealkylation sites (N-methyl/N-ethyl adjacent to an activating group) is 1. The van der Waals surface area contributed by atoms with Crippen LogP contribution in [0.2, 0.25) is 0 Å². The van der Waals surface area contributed by atoms with Crippen LogP contribution in [-0.4, -0.2) is 77.8 Å². The maximum Gasteiger partial charge on any atom is 0.408 e. The van der Waals surface area contributed by atoms with E-state index < -0.39 is 59.9 Å². The lowest BCUT2D eigenvalue weighted by Crippen LogP contribution is -2.61. The predicted molar refractivity (Wildman–Crippen MR) is 176 cm³/mol. The van der Waals surface area contributed by atoms with Gasteiger partial charge >= 0.3 is 12.3 Å². The van der Waals surface area contributed by atoms with E-state index in [2.05, 4.69) is 10.3 Å². The molecule has 1 aliphatic heterocycles. The van der Waals surface area contributed by atoms with Crippen molar-refractivity contribution in [3.05, 3.63) is 23.9 Å². The van der Waals surface area contributed by atoms with Gasteiger partial charge in [-0.1, -0.05) is 47.5 Å². The zero-order valence-corrected chi connectivity index (χ0v) is 29.4. The Hall–Kier alpha value is -3.64. The van der Waals surface area contributed by atoms with E-state index in [0.29, 0.717) is 47.2 Å². The first-order valence-corrected chi connectivity index (χ1v) is 17.3. The fourth-order valence-electron chi connectivity index (χ4n) is 7.47. The van der Waals surface area contributed by atoms with E-state index in [1.54, 1.807) is 39.0 Å². The summed E-state index contributed by atoms with van der Waals surface area (Å²) in [7, 11) is 2.67. The molecule has 7 atom stereocenters. The lowest BCUT2D eigenvalue weighted by Gasteiger charge is -2.39. The standard InChI is InChI=1S/C36H49F3N4O6/c1-19(2)30(44)29-24(36(37,38)39)18-48-32-26(40-25-14-13-21(47-7)17-27(25)41-32)12-10-8-9-11-22-23-15-20(23)16-28(22)49-34(46)42-31(35(3,4)5)33(45)43(29)6/h13-14,17,19-20,22-24,28-29,31H,8-12,15-16,18H2,1-7H3,(H,42,46). The Morgan fingerprint density at radius 3 is 2.43 bits per heavy atom. The number of alkyl carbamates (subject to hydrolysis) is 1. The summed E-state index contributed by atoms with van der Waals surface area (Å²) in [5.41, 5.74) is 0.423. The number of methoxy groups -OCH3 is 1. The van der Waals surface area contributed by atoms with Gasteiger partial charge in [-0.05, 0) is 67.4 Å². The summed E-state index contributed by atoms with van der Waals surface area (Å²) in [6.07, 6.45) is -0.455. The molecule has 2 aromatic rings. The Morgan fingerprint density at radius 2 is 1.78 bits per heavy atom. The second-order valence-corrected chi connectivity index (χ2v) is 15.3. The lowest BCUT2D eigenvalue weighted by atomic mass is 9.84. The van der Waals surface area contributed by atoms with Gasteiger partial charge in [0.2, 0.25) is 11.8 Å². The van der Waals surface area contributed by atoms with Crippen LogP contribution in [0.4, 0.5) is 18.0 Å². The molecule has 2 heterocycles. The number of ether oxygens (including phenoxy) is 3. The smallest absolute Gasteiger partial charge is 0.408 e. The third-order valence-electron chi connectivity index (χ3n) is 10.4. The highest BCUT2D eigenvalue weighted by Gasteiger charge is 2.55. The fraction of sp³-hybridized carbons (Fsp3) is 0.694. The number of alkyl halides is 3. The zero-order chi connectivity index (χ0) is 35.8. The maximum atomic E-state index is 15.0. The largest absolute Gasteiger partial charge is 0.497 e. The van der Waals surface area contributed by atoms with Crippen LogP contribution in [0, 0.1) is 35.0 Å². The first-order chi connectivity index (χ1) is 23.0. The molecule has 0 bridgehead atoms. The first kappa shape index (κ1) is 36.6. The Kier molecular flexibility index (Phi) is 10.7. The van der Waals surface area contributed by atoms with Gasteiger partial charge in [0.25, 0.3) is 0 Å². The number of ketones is 1. The van der Waals surface area contributed by atoms with E-state index in [-0.39, 0.29) is 17.9 Å². The van der Waals surface area contributed by atoms with Crippen LogP contribution in [-0.2, 0) is 20.7 Å². The Labute approximate surface area is 285 Å². The van der Waals surface area contributed by atoms with Crippen LogP contribution < -0.4 is 14.8 Å². The summed E-state index contributed by atoms with van der Waals surface area (Å²) in [5.74, 6) is -3.20. The summed E-state index contributed by atoms with van der Waals surface area (Å²) >= 11 is 0. The third kappa shape index (κ3) is 8.23. The van der Waals surface area contributed by atoms with E-state index in [0.717, 1.165) is 37.0 Å². The zero-order valence-electron chi connectivity index (χ0n) is 29.4. The predicted octanol–water partition coefficient (Wildman–Crippen LogP) is 6.53. The summed E-state index contributed by atoms with van der Waals surface area (Å²) in [4.78, 5) is 51.2. The summed E-state index contributed by atoms with van der Waals surface area (Å²) in [6.45, 7) is 7.09. The molecule has 49 heavy (non-hydrogen) atoms. The maximum absolute atomic E-state index is 15.0. The van der Waals surface area contributed by atoms with Gasteiger partial charge in [0.05, 0.1) is 18.1 Å². The number of aromatic nitrogens is 2. The Balaban J connectivity index is 1.56. The van der Waals surface area contributed by atoms with Crippen molar-refractivity contribution in [2.45, 2.75) is 104 Å². The summed E-state index contributed by atoms with van der Waals surface area (Å²) in [5, 5.41) is 2.67. The van der Waals surface area contributed by atoms with Crippen LogP contribution in [0.1, 0.15) is 78.8 Å². The van der Waals surface area contributed by atoms with Gasteiger partial charge in [-0.3, -0.25) is 9.59 Å². The molecule has 7 unspecified atom stereocenters. The molecule has 0 spiro atoms. The Morgan fingerprint density at radius 1 is 1.04 bits per heavy atom. The molecule has 10 nitrogen and oxygen atoms in total. The summed E-state index contributed by atoms with van der Waals surface area (Å²) in [6, 6.07) is 1.88. The SMILES string of the molecule is COc1ccc2nc3c(nc2c1)OCC(C(F)(F)F)C(C(=O)C(C)C)N(C)C(=O)C(C(C)(C)C)NC(=O)OC1CC2CC2C1CCCCC3. The quantitative estimate of drug-likeness (QED) is 0.386. The average molecular weight is 691 g/mol. The Bertz CT molecular complexity index is 1540. The van der Waals surface area contributed by atoms with E-state index in [4.69, 9.17) is 19.2 Å². The van der Waals surface area contributed by atoms with E-state index in [1.165, 1.54) is 28.0 Å². The molecule has 270 valence electrons. The number of hydrogen-bond acceptors (Lipinski definition) is 8. The molecule has 1 aromatic heterocycles. The number of Topliss-reactive ketones (excluding diaryl/α,β-unsaturated/α-hetero) is 1. The number of aryl methyl sites for hydroxylation is 1. The average Bonchev–Trinajstić information content (AvgIpc) is 3.71. The summed E-state index contributed by atoms with van der Waals surface area (Å²) < 4.78 is 62.2. The van der Waals surface area contributed by atoms with Gasteiger partial charge in [-0.2, -0.15) is 13.2 Å². The number of amides is 2. The number of nitrogens with one attached hydrogen (secondary N) is 1. The second-order valence-electron chi connectivity index (χ2n) is 15.3. The topological polar surface area (TPSA) is 120 Å². The van der Waals surface area contributed by atoms with E-state index in [1.807, 2.05) is 0 Å². The van der Waals surface area contributed by atoms with Crippen LogP contribution >= 0.6 is 0 Å². The number of halogens is 3. The van der Waals surface area contributed by atoms with Crippen molar-refractivity contribution in [3.8, 4) is 11.6 Å². The molecular weight excluding hydrogens is 641 g/mol. The monoisotopic (exact) mass is 690 g/mol. The van der Waals surface area contributed by atoms with Gasteiger partial charge in [0.1, 0.15) is 42.2 Å². The van der Waals surface area contributed by atoms with Gasteiger partial charge in [-0.15, -0.1) is 0 Å². The molecule has 5 rings (SSSR count). The van der Waals surface area contributed by atoms with Crippen molar-refractivity contribution in [1.29, 1.82) is 0 Å². The van der Waals surface area contributed by atoms with E-state index >= 15 is 13.2 Å². The van der Waals surface area contributed by atoms with E-state index in [9.17, 15) is 14.4 Å². The molecule has 1 aromatic carbocycles.